The number of carbonyl (C=O) groups excluding carboxylic acids is 1. The van der Waals surface area contributed by atoms with Gasteiger partial charge < -0.3 is 5.32 Å². The van der Waals surface area contributed by atoms with E-state index in [2.05, 4.69) is 5.32 Å². The predicted octanol–water partition coefficient (Wildman–Crippen LogP) is 5.25. The average Bonchev–Trinajstić information content (AvgIpc) is 2.53. The Bertz CT molecular complexity index is 610. The second-order valence-corrected chi connectivity index (χ2v) is 6.46. The van der Waals surface area contributed by atoms with E-state index in [1.807, 2.05) is 0 Å². The predicted molar refractivity (Wildman–Crippen MR) is 79.5 cm³/mol. The van der Waals surface area contributed by atoms with Crippen molar-refractivity contribution in [3.05, 3.63) is 35.4 Å². The van der Waals surface area contributed by atoms with E-state index in [9.17, 15) is 31.1 Å². The van der Waals surface area contributed by atoms with Crippen molar-refractivity contribution >= 4 is 5.91 Å². The van der Waals surface area contributed by atoms with Gasteiger partial charge in [-0.05, 0) is 43.9 Å². The summed E-state index contributed by atoms with van der Waals surface area (Å²) in [5, 5.41) is 2.54. The molecule has 2 rings (SSSR count). The fourth-order valence-corrected chi connectivity index (χ4v) is 3.12. The highest BCUT2D eigenvalue weighted by Crippen LogP contribution is 2.40. The van der Waals surface area contributed by atoms with Gasteiger partial charge in [-0.2, -0.15) is 26.3 Å². The molecule has 2 nitrogen and oxygen atoms in total. The van der Waals surface area contributed by atoms with Gasteiger partial charge in [-0.3, -0.25) is 4.79 Å². The monoisotopic (exact) mass is 367 g/mol. The van der Waals surface area contributed by atoms with Crippen molar-refractivity contribution in [3.8, 4) is 0 Å². The second kappa shape index (κ2) is 7.25. The molecule has 140 valence electrons. The van der Waals surface area contributed by atoms with Gasteiger partial charge >= 0.3 is 12.4 Å². The summed E-state index contributed by atoms with van der Waals surface area (Å²) in [5.74, 6) is -2.81. The van der Waals surface area contributed by atoms with Crippen LogP contribution < -0.4 is 5.32 Å². The highest BCUT2D eigenvalue weighted by atomic mass is 19.4. The largest absolute Gasteiger partial charge is 0.416 e. The highest BCUT2D eigenvalue weighted by Gasteiger charge is 2.43. The van der Waals surface area contributed by atoms with Crippen molar-refractivity contribution in [1.29, 1.82) is 0 Å². The smallest absolute Gasteiger partial charge is 0.349 e. The van der Waals surface area contributed by atoms with Crippen LogP contribution in [0.1, 0.15) is 49.8 Å². The molecule has 1 saturated carbocycles. The third-order valence-corrected chi connectivity index (χ3v) is 4.58. The molecule has 1 amide bonds. The van der Waals surface area contributed by atoms with E-state index in [1.165, 1.54) is 19.1 Å². The summed E-state index contributed by atoms with van der Waals surface area (Å²) in [7, 11) is 0. The first-order valence-electron chi connectivity index (χ1n) is 8.02. The van der Waals surface area contributed by atoms with Crippen LogP contribution in [0.4, 0.5) is 26.3 Å². The Morgan fingerprint density at radius 3 is 2.44 bits per heavy atom. The fourth-order valence-electron chi connectivity index (χ4n) is 3.12. The molecule has 0 bridgehead atoms. The number of hydrogen-bond donors (Lipinski definition) is 1. The number of alkyl halides is 6. The van der Waals surface area contributed by atoms with Crippen LogP contribution in [-0.4, -0.2) is 12.1 Å². The summed E-state index contributed by atoms with van der Waals surface area (Å²) < 4.78 is 76.7. The zero-order valence-corrected chi connectivity index (χ0v) is 13.5. The van der Waals surface area contributed by atoms with Crippen LogP contribution in [0.5, 0.6) is 0 Å². The third-order valence-electron chi connectivity index (χ3n) is 4.58. The molecule has 0 heterocycles. The van der Waals surface area contributed by atoms with E-state index >= 15 is 0 Å². The summed E-state index contributed by atoms with van der Waals surface area (Å²) in [6.45, 7) is 1.51. The molecule has 1 aromatic rings. The van der Waals surface area contributed by atoms with Crippen molar-refractivity contribution < 1.29 is 31.1 Å². The molecule has 3 atom stereocenters. The number of halogens is 6. The van der Waals surface area contributed by atoms with Gasteiger partial charge in [0.2, 0.25) is 5.91 Å². The number of hydrogen-bond acceptors (Lipinski definition) is 1. The average molecular weight is 367 g/mol. The number of nitrogens with one attached hydrogen (secondary N) is 1. The van der Waals surface area contributed by atoms with Crippen LogP contribution in [0.15, 0.2) is 24.3 Å². The Labute approximate surface area is 141 Å². The molecule has 25 heavy (non-hydrogen) atoms. The molecule has 1 fully saturated rings. The fraction of sp³-hybridized carbons (Fsp3) is 0.588. The van der Waals surface area contributed by atoms with Crippen LogP contribution >= 0.6 is 0 Å². The minimum Gasteiger partial charge on any atom is -0.349 e. The first kappa shape index (κ1) is 19.6. The van der Waals surface area contributed by atoms with Gasteiger partial charge in [0.15, 0.2) is 0 Å². The van der Waals surface area contributed by atoms with Crippen LogP contribution in [0.25, 0.3) is 0 Å². The van der Waals surface area contributed by atoms with Gasteiger partial charge in [-0.25, -0.2) is 0 Å². The van der Waals surface area contributed by atoms with Gasteiger partial charge in [-0.15, -0.1) is 0 Å². The lowest BCUT2D eigenvalue weighted by Crippen LogP contribution is -2.38. The molecule has 0 spiro atoms. The molecule has 1 aliphatic carbocycles. The summed E-state index contributed by atoms with van der Waals surface area (Å²) in [5.41, 5.74) is -0.577. The van der Waals surface area contributed by atoms with E-state index in [4.69, 9.17) is 0 Å². The SMILES string of the molecule is C[C@H](NC(=O)[C@H]1CCC[C@@H](C(F)(F)F)C1)c1cccc(C(F)(F)F)c1. The van der Waals surface area contributed by atoms with E-state index in [0.717, 1.165) is 12.1 Å². The molecular weight excluding hydrogens is 348 g/mol. The Morgan fingerprint density at radius 2 is 1.84 bits per heavy atom. The van der Waals surface area contributed by atoms with Crippen LogP contribution in [0, 0.1) is 11.8 Å². The Hall–Kier alpha value is -1.73. The quantitative estimate of drug-likeness (QED) is 0.727. The third kappa shape index (κ3) is 5.12. The van der Waals surface area contributed by atoms with Crippen LogP contribution in [0.2, 0.25) is 0 Å². The molecule has 0 aliphatic heterocycles. The lowest BCUT2D eigenvalue weighted by atomic mass is 9.80. The van der Waals surface area contributed by atoms with E-state index in [0.29, 0.717) is 12.8 Å². The first-order chi connectivity index (χ1) is 11.5. The van der Waals surface area contributed by atoms with Crippen molar-refractivity contribution in [2.75, 3.05) is 0 Å². The number of benzene rings is 1. The molecular formula is C17H19F6NO. The molecule has 0 aromatic heterocycles. The molecule has 1 aromatic carbocycles. The minimum atomic E-state index is -4.50. The van der Waals surface area contributed by atoms with Gasteiger partial charge in [0.25, 0.3) is 0 Å². The zero-order valence-electron chi connectivity index (χ0n) is 13.5. The Kier molecular flexibility index (Phi) is 5.68. The van der Waals surface area contributed by atoms with Gasteiger partial charge in [-0.1, -0.05) is 18.6 Å². The maximum atomic E-state index is 12.8. The highest BCUT2D eigenvalue weighted by molar-refractivity contribution is 5.79. The molecule has 1 N–H and O–H groups in total. The van der Waals surface area contributed by atoms with Crippen molar-refractivity contribution in [1.82, 2.24) is 5.32 Å². The topological polar surface area (TPSA) is 29.1 Å². The van der Waals surface area contributed by atoms with Crippen LogP contribution in [-0.2, 0) is 11.0 Å². The van der Waals surface area contributed by atoms with Crippen molar-refractivity contribution in [2.24, 2.45) is 11.8 Å². The lowest BCUT2D eigenvalue weighted by Gasteiger charge is -2.30. The lowest BCUT2D eigenvalue weighted by molar-refractivity contribution is -0.186. The molecule has 8 heteroatoms. The number of carbonyl (C=O) groups is 1. The van der Waals surface area contributed by atoms with E-state index < -0.39 is 41.7 Å². The number of rotatable bonds is 3. The summed E-state index contributed by atoms with van der Waals surface area (Å²) in [6, 6.07) is 3.82. The first-order valence-corrected chi connectivity index (χ1v) is 8.02. The maximum Gasteiger partial charge on any atom is 0.416 e. The molecule has 0 radical (unpaired) electrons. The number of amides is 1. The normalized spacial score (nSPS) is 23.2. The standard InChI is InChI=1S/C17H19F6NO/c1-10(11-4-2-6-13(8-11)16(18,19)20)24-15(25)12-5-3-7-14(9-12)17(21,22)23/h2,4,6,8,10,12,14H,3,5,7,9H2,1H3,(H,24,25)/t10-,12-,14+/m0/s1. The molecule has 0 unspecified atom stereocenters. The van der Waals surface area contributed by atoms with E-state index in [-0.39, 0.29) is 18.4 Å². The molecule has 0 saturated heterocycles. The minimum absolute atomic E-state index is 0.0104. The second-order valence-electron chi connectivity index (χ2n) is 6.46. The van der Waals surface area contributed by atoms with Crippen molar-refractivity contribution in [3.63, 3.8) is 0 Å². The van der Waals surface area contributed by atoms with E-state index in [1.54, 1.807) is 0 Å². The maximum absolute atomic E-state index is 12.8. The summed E-state index contributed by atoms with van der Waals surface area (Å²) >= 11 is 0. The summed E-state index contributed by atoms with van der Waals surface area (Å²) in [6.07, 6.45) is -8.43. The Morgan fingerprint density at radius 1 is 1.16 bits per heavy atom. The Balaban J connectivity index is 2.03. The van der Waals surface area contributed by atoms with Gasteiger partial charge in [0, 0.05) is 5.92 Å². The zero-order chi connectivity index (χ0) is 18.8. The van der Waals surface area contributed by atoms with Crippen molar-refractivity contribution in [2.45, 2.75) is 51.0 Å². The summed E-state index contributed by atoms with van der Waals surface area (Å²) in [4.78, 5) is 12.2. The van der Waals surface area contributed by atoms with Crippen LogP contribution in [0.3, 0.4) is 0 Å². The molecule has 1 aliphatic rings. The van der Waals surface area contributed by atoms with Gasteiger partial charge in [0.05, 0.1) is 17.5 Å². The van der Waals surface area contributed by atoms with Gasteiger partial charge in [0.1, 0.15) is 0 Å².